The van der Waals surface area contributed by atoms with Crippen LogP contribution < -0.4 is 15.4 Å². The highest BCUT2D eigenvalue weighted by Gasteiger charge is 2.15. The number of methoxy groups -OCH3 is 1. The highest BCUT2D eigenvalue weighted by molar-refractivity contribution is 7.14. The molecular weight excluding hydrogens is 376 g/mol. The van der Waals surface area contributed by atoms with Gasteiger partial charge in [0.1, 0.15) is 23.1 Å². The van der Waals surface area contributed by atoms with E-state index in [1.165, 1.54) is 12.5 Å². The van der Waals surface area contributed by atoms with Crippen LogP contribution >= 0.6 is 11.3 Å². The van der Waals surface area contributed by atoms with E-state index in [9.17, 15) is 18.4 Å². The summed E-state index contributed by atoms with van der Waals surface area (Å²) in [5, 5.41) is 6.40. The van der Waals surface area contributed by atoms with Crippen LogP contribution in [0.1, 0.15) is 20.8 Å². The number of aromatic nitrogens is 1. The Morgan fingerprint density at radius 1 is 1.04 bits per heavy atom. The Bertz CT molecular complexity index is 990. The first kappa shape index (κ1) is 18.5. The molecule has 0 aliphatic heterocycles. The molecule has 9 heteroatoms. The largest absolute Gasteiger partial charge is 0.497 e. The van der Waals surface area contributed by atoms with Gasteiger partial charge >= 0.3 is 0 Å². The van der Waals surface area contributed by atoms with Gasteiger partial charge in [-0.1, -0.05) is 0 Å². The summed E-state index contributed by atoms with van der Waals surface area (Å²) >= 11 is 1.03. The Balaban J connectivity index is 1.67. The minimum absolute atomic E-state index is 0.0336. The van der Waals surface area contributed by atoms with E-state index in [1.54, 1.807) is 24.3 Å². The monoisotopic (exact) mass is 389 g/mol. The average molecular weight is 389 g/mol. The van der Waals surface area contributed by atoms with Crippen molar-refractivity contribution in [3.8, 4) is 5.75 Å². The molecule has 0 bridgehead atoms. The number of nitrogens with zero attached hydrogens (tertiary/aromatic N) is 1. The van der Waals surface area contributed by atoms with Crippen molar-refractivity contribution in [1.82, 2.24) is 4.98 Å². The lowest BCUT2D eigenvalue weighted by molar-refractivity contribution is 0.101. The first-order chi connectivity index (χ1) is 13.0. The maximum Gasteiger partial charge on any atom is 0.275 e. The minimum atomic E-state index is -0.770. The van der Waals surface area contributed by atoms with Gasteiger partial charge in [0.05, 0.1) is 12.8 Å². The van der Waals surface area contributed by atoms with Crippen LogP contribution in [0.4, 0.5) is 19.6 Å². The second kappa shape index (κ2) is 7.92. The number of hydrogen-bond acceptors (Lipinski definition) is 5. The number of benzene rings is 2. The van der Waals surface area contributed by atoms with Crippen molar-refractivity contribution in [2.45, 2.75) is 0 Å². The average Bonchev–Trinajstić information content (AvgIpc) is 3.13. The Hall–Kier alpha value is -3.33. The second-order valence-corrected chi connectivity index (χ2v) is 6.16. The fourth-order valence-corrected chi connectivity index (χ4v) is 2.81. The molecule has 138 valence electrons. The Morgan fingerprint density at radius 3 is 2.48 bits per heavy atom. The summed E-state index contributed by atoms with van der Waals surface area (Å²) in [7, 11) is 1.52. The van der Waals surface area contributed by atoms with E-state index in [0.717, 1.165) is 29.5 Å². The molecule has 0 fully saturated rings. The van der Waals surface area contributed by atoms with Crippen LogP contribution in [-0.2, 0) is 0 Å². The molecule has 3 rings (SSSR count). The molecule has 0 aliphatic rings. The van der Waals surface area contributed by atoms with Crippen molar-refractivity contribution < 1.29 is 23.1 Å². The third kappa shape index (κ3) is 4.45. The van der Waals surface area contributed by atoms with Crippen molar-refractivity contribution >= 4 is 34.0 Å². The van der Waals surface area contributed by atoms with Crippen LogP contribution in [0.15, 0.2) is 47.8 Å². The molecule has 1 heterocycles. The smallest absolute Gasteiger partial charge is 0.275 e. The van der Waals surface area contributed by atoms with Gasteiger partial charge in [-0.3, -0.25) is 14.9 Å². The quantitative estimate of drug-likeness (QED) is 0.693. The third-order valence-electron chi connectivity index (χ3n) is 3.49. The number of carbonyl (C=O) groups excluding carboxylic acids is 2. The molecule has 6 nitrogen and oxygen atoms in total. The van der Waals surface area contributed by atoms with Gasteiger partial charge in [0.15, 0.2) is 5.13 Å². The van der Waals surface area contributed by atoms with Crippen LogP contribution in [-0.4, -0.2) is 23.9 Å². The van der Waals surface area contributed by atoms with Gasteiger partial charge in [0.2, 0.25) is 0 Å². The van der Waals surface area contributed by atoms with Crippen molar-refractivity contribution in [3.63, 3.8) is 0 Å². The van der Waals surface area contributed by atoms with Crippen LogP contribution in [0, 0.1) is 11.6 Å². The molecular formula is C18H13F2N3O3S. The Labute approximate surface area is 156 Å². The summed E-state index contributed by atoms with van der Waals surface area (Å²) in [4.78, 5) is 28.3. The molecule has 0 saturated carbocycles. The first-order valence-electron chi connectivity index (χ1n) is 7.63. The zero-order chi connectivity index (χ0) is 19.4. The molecule has 0 aliphatic carbocycles. The number of ether oxygens (including phenoxy) is 1. The second-order valence-electron chi connectivity index (χ2n) is 5.30. The van der Waals surface area contributed by atoms with Crippen molar-refractivity contribution in [2.24, 2.45) is 0 Å². The summed E-state index contributed by atoms with van der Waals surface area (Å²) in [6.45, 7) is 0. The van der Waals surface area contributed by atoms with Gasteiger partial charge in [-0.05, 0) is 36.4 Å². The van der Waals surface area contributed by atoms with Gasteiger partial charge in [-0.2, -0.15) is 0 Å². The first-order valence-corrected chi connectivity index (χ1v) is 8.51. The number of carbonyl (C=O) groups is 2. The number of nitrogens with one attached hydrogen (secondary N) is 2. The van der Waals surface area contributed by atoms with E-state index < -0.39 is 23.4 Å². The number of halogens is 2. The maximum atomic E-state index is 13.6. The summed E-state index contributed by atoms with van der Waals surface area (Å²) in [5.74, 6) is -1.97. The van der Waals surface area contributed by atoms with Crippen molar-refractivity contribution in [1.29, 1.82) is 0 Å². The summed E-state index contributed by atoms with van der Waals surface area (Å²) in [6.07, 6.45) is 0. The van der Waals surface area contributed by atoms with Crippen LogP contribution in [0.25, 0.3) is 0 Å². The van der Waals surface area contributed by atoms with Gasteiger partial charge in [-0.25, -0.2) is 13.8 Å². The van der Waals surface area contributed by atoms with Crippen LogP contribution in [0.2, 0.25) is 0 Å². The van der Waals surface area contributed by atoms with E-state index >= 15 is 0 Å². The van der Waals surface area contributed by atoms with Crippen molar-refractivity contribution in [3.05, 3.63) is 70.7 Å². The van der Waals surface area contributed by atoms with E-state index in [2.05, 4.69) is 15.6 Å². The molecule has 0 unspecified atom stereocenters. The van der Waals surface area contributed by atoms with Crippen LogP contribution in [0.3, 0.4) is 0 Å². The van der Waals surface area contributed by atoms with Gasteiger partial charge in [-0.15, -0.1) is 11.3 Å². The Morgan fingerprint density at radius 2 is 1.78 bits per heavy atom. The lowest BCUT2D eigenvalue weighted by atomic mass is 10.2. The predicted molar refractivity (Wildman–Crippen MR) is 97.4 cm³/mol. The normalized spacial score (nSPS) is 10.3. The SMILES string of the molecule is COc1ccc(C(=O)Nc2nc(C(=O)Nc3cc(F)ccc3F)cs2)cc1. The molecule has 27 heavy (non-hydrogen) atoms. The summed E-state index contributed by atoms with van der Waals surface area (Å²) < 4.78 is 31.8. The molecule has 2 N–H and O–H groups in total. The van der Waals surface area contributed by atoms with E-state index in [0.29, 0.717) is 11.3 Å². The van der Waals surface area contributed by atoms with Crippen LogP contribution in [0.5, 0.6) is 5.75 Å². The number of hydrogen-bond donors (Lipinski definition) is 2. The fourth-order valence-electron chi connectivity index (χ4n) is 2.13. The molecule has 2 aromatic carbocycles. The highest BCUT2D eigenvalue weighted by Crippen LogP contribution is 2.20. The zero-order valence-corrected chi connectivity index (χ0v) is 14.8. The summed E-state index contributed by atoms with van der Waals surface area (Å²) in [5.41, 5.74) is 0.0596. The topological polar surface area (TPSA) is 80.3 Å². The highest BCUT2D eigenvalue weighted by atomic mass is 32.1. The molecule has 1 aromatic heterocycles. The minimum Gasteiger partial charge on any atom is -0.497 e. The van der Waals surface area contributed by atoms with Gasteiger partial charge in [0, 0.05) is 17.0 Å². The summed E-state index contributed by atoms with van der Waals surface area (Å²) in [6, 6.07) is 9.18. The van der Waals surface area contributed by atoms with E-state index in [1.807, 2.05) is 0 Å². The molecule has 0 radical (unpaired) electrons. The molecule has 2 amide bonds. The molecule has 3 aromatic rings. The molecule has 0 spiro atoms. The number of anilines is 2. The number of thiazole rings is 1. The third-order valence-corrected chi connectivity index (χ3v) is 4.24. The fraction of sp³-hybridized carbons (Fsp3) is 0.0556. The zero-order valence-electron chi connectivity index (χ0n) is 14.0. The van der Waals surface area contributed by atoms with Gasteiger partial charge < -0.3 is 10.1 Å². The number of amides is 2. The van der Waals surface area contributed by atoms with Gasteiger partial charge in [0.25, 0.3) is 11.8 Å². The van der Waals surface area contributed by atoms with E-state index in [4.69, 9.17) is 4.74 Å². The lowest BCUT2D eigenvalue weighted by Gasteiger charge is -2.05. The predicted octanol–water partition coefficient (Wildman–Crippen LogP) is 3.93. The van der Waals surface area contributed by atoms with Crippen molar-refractivity contribution in [2.75, 3.05) is 17.7 Å². The Kier molecular flexibility index (Phi) is 5.41. The maximum absolute atomic E-state index is 13.6. The lowest BCUT2D eigenvalue weighted by Crippen LogP contribution is -2.15. The molecule has 0 saturated heterocycles. The standard InChI is InChI=1S/C18H13F2N3O3S/c1-26-12-5-2-10(3-6-12)16(24)23-18-22-15(9-27-18)17(25)21-14-8-11(19)4-7-13(14)20/h2-9H,1H3,(H,21,25)(H,22,23,24). The van der Waals surface area contributed by atoms with E-state index in [-0.39, 0.29) is 16.5 Å². The molecule has 0 atom stereocenters. The number of rotatable bonds is 5.